The summed E-state index contributed by atoms with van der Waals surface area (Å²) in [6.07, 6.45) is -0.629. The van der Waals surface area contributed by atoms with Crippen molar-refractivity contribution in [1.29, 1.82) is 0 Å². The fourth-order valence-electron chi connectivity index (χ4n) is 1.39. The van der Waals surface area contributed by atoms with Gasteiger partial charge in [-0.3, -0.25) is 4.79 Å². The van der Waals surface area contributed by atoms with Crippen LogP contribution in [0.4, 0.5) is 4.39 Å². The summed E-state index contributed by atoms with van der Waals surface area (Å²) in [4.78, 5) is 10.9. The highest BCUT2D eigenvalue weighted by molar-refractivity contribution is 7.89. The lowest BCUT2D eigenvalue weighted by Crippen LogP contribution is -2.39. The van der Waals surface area contributed by atoms with Gasteiger partial charge in [0, 0.05) is 25.2 Å². The highest BCUT2D eigenvalue weighted by Gasteiger charge is 2.19. The molecule has 0 saturated heterocycles. The van der Waals surface area contributed by atoms with Crippen LogP contribution in [0.3, 0.4) is 0 Å². The largest absolute Gasteiger partial charge is 0.372 e. The normalized spacial score (nSPS) is 13.0. The zero-order chi connectivity index (χ0) is 16.0. The van der Waals surface area contributed by atoms with Crippen LogP contribution in [0, 0.1) is 5.82 Å². The second-order valence-electron chi connectivity index (χ2n) is 4.14. The number of rotatable bonds is 7. The molecule has 0 aliphatic carbocycles. The highest BCUT2D eigenvalue weighted by atomic mass is 35.5. The molecule has 1 atom stereocenters. The minimum Gasteiger partial charge on any atom is -0.372 e. The van der Waals surface area contributed by atoms with Crippen molar-refractivity contribution in [3.63, 3.8) is 0 Å². The van der Waals surface area contributed by atoms with Crippen molar-refractivity contribution < 1.29 is 22.3 Å². The molecule has 0 unspecified atom stereocenters. The Hall–Kier alpha value is -1.22. The predicted octanol–water partition coefficient (Wildman–Crippen LogP) is 0.909. The summed E-state index contributed by atoms with van der Waals surface area (Å²) in [6.45, 7) is 1.54. The number of methoxy groups -OCH3 is 1. The average molecular weight is 339 g/mol. The lowest BCUT2D eigenvalue weighted by atomic mass is 10.3. The molecule has 0 aromatic heterocycles. The Morgan fingerprint density at radius 1 is 1.43 bits per heavy atom. The van der Waals surface area contributed by atoms with E-state index in [1.54, 1.807) is 6.92 Å². The van der Waals surface area contributed by atoms with Crippen LogP contribution >= 0.6 is 11.6 Å². The number of carbonyl (C=O) groups excluding carboxylic acids is 1. The van der Waals surface area contributed by atoms with Gasteiger partial charge in [-0.1, -0.05) is 11.6 Å². The van der Waals surface area contributed by atoms with Crippen LogP contribution in [0.1, 0.15) is 6.92 Å². The van der Waals surface area contributed by atoms with E-state index in [2.05, 4.69) is 10.0 Å². The average Bonchev–Trinajstić information content (AvgIpc) is 2.41. The van der Waals surface area contributed by atoms with E-state index in [1.807, 2.05) is 0 Å². The smallest absolute Gasteiger partial charge is 0.248 e. The number of hydrogen-bond acceptors (Lipinski definition) is 4. The Morgan fingerprint density at radius 2 is 2.10 bits per heavy atom. The maximum atomic E-state index is 13.5. The number of hydrogen-bond donors (Lipinski definition) is 2. The van der Waals surface area contributed by atoms with Gasteiger partial charge in [0.2, 0.25) is 15.9 Å². The molecule has 6 nitrogen and oxygen atoms in total. The van der Waals surface area contributed by atoms with Gasteiger partial charge in [0.15, 0.2) is 0 Å². The minimum absolute atomic E-state index is 0.0565. The van der Waals surface area contributed by atoms with E-state index >= 15 is 0 Å². The Bertz CT molecular complexity index is 609. The summed E-state index contributed by atoms with van der Waals surface area (Å²) in [7, 11) is -2.61. The Morgan fingerprint density at radius 3 is 2.67 bits per heavy atom. The molecule has 0 saturated carbocycles. The van der Waals surface area contributed by atoms with Crippen molar-refractivity contribution in [1.82, 2.24) is 10.0 Å². The third kappa shape index (κ3) is 5.24. The van der Waals surface area contributed by atoms with Gasteiger partial charge in [0.1, 0.15) is 16.8 Å². The van der Waals surface area contributed by atoms with E-state index in [1.165, 1.54) is 13.2 Å². The summed E-state index contributed by atoms with van der Waals surface area (Å²) in [5, 5.41) is 2.58. The first-order valence-corrected chi connectivity index (χ1v) is 7.89. The van der Waals surface area contributed by atoms with Gasteiger partial charge in [-0.05, 0) is 25.1 Å². The number of nitrogens with one attached hydrogen (secondary N) is 2. The first-order valence-electron chi connectivity index (χ1n) is 6.03. The van der Waals surface area contributed by atoms with Gasteiger partial charge in [0.05, 0.1) is 0 Å². The first-order chi connectivity index (χ1) is 9.77. The van der Waals surface area contributed by atoms with Gasteiger partial charge in [-0.15, -0.1) is 0 Å². The fourth-order valence-corrected chi connectivity index (χ4v) is 2.64. The van der Waals surface area contributed by atoms with Gasteiger partial charge in [0.25, 0.3) is 0 Å². The van der Waals surface area contributed by atoms with E-state index < -0.39 is 26.8 Å². The molecular formula is C12H16ClFN2O4S. The molecule has 9 heteroatoms. The number of carbonyl (C=O) groups is 1. The van der Waals surface area contributed by atoms with Crippen molar-refractivity contribution in [3.05, 3.63) is 29.0 Å². The molecule has 21 heavy (non-hydrogen) atoms. The second-order valence-corrected chi connectivity index (χ2v) is 6.31. The van der Waals surface area contributed by atoms with Crippen LogP contribution in [-0.4, -0.2) is 40.6 Å². The van der Waals surface area contributed by atoms with Gasteiger partial charge >= 0.3 is 0 Å². The maximum Gasteiger partial charge on any atom is 0.248 e. The topological polar surface area (TPSA) is 84.5 Å². The van der Waals surface area contributed by atoms with Crippen molar-refractivity contribution in [2.45, 2.75) is 17.9 Å². The SMILES string of the molecule is CO[C@H](C)C(=O)NCCNS(=O)(=O)c1ccc(Cl)cc1F. The molecule has 0 bridgehead atoms. The number of benzene rings is 1. The number of halogens is 2. The molecule has 0 spiro atoms. The van der Waals surface area contributed by atoms with E-state index in [0.717, 1.165) is 12.1 Å². The zero-order valence-corrected chi connectivity index (χ0v) is 13.1. The molecule has 0 aliphatic heterocycles. The fraction of sp³-hybridized carbons (Fsp3) is 0.417. The summed E-state index contributed by atoms with van der Waals surface area (Å²) in [5.74, 6) is -1.30. The quantitative estimate of drug-likeness (QED) is 0.724. The number of amides is 1. The lowest BCUT2D eigenvalue weighted by molar-refractivity contribution is -0.129. The van der Waals surface area contributed by atoms with Crippen LogP contribution in [0.2, 0.25) is 5.02 Å². The van der Waals surface area contributed by atoms with Gasteiger partial charge in [-0.25, -0.2) is 17.5 Å². The van der Waals surface area contributed by atoms with Crippen LogP contribution in [-0.2, 0) is 19.6 Å². The molecular weight excluding hydrogens is 323 g/mol. The van der Waals surface area contributed by atoms with Crippen molar-refractivity contribution in [3.8, 4) is 0 Å². The molecule has 0 fully saturated rings. The number of sulfonamides is 1. The van der Waals surface area contributed by atoms with E-state index in [4.69, 9.17) is 16.3 Å². The van der Waals surface area contributed by atoms with Gasteiger partial charge < -0.3 is 10.1 Å². The highest BCUT2D eigenvalue weighted by Crippen LogP contribution is 2.18. The zero-order valence-electron chi connectivity index (χ0n) is 11.5. The monoisotopic (exact) mass is 338 g/mol. The summed E-state index contributed by atoms with van der Waals surface area (Å²) in [5.41, 5.74) is 0. The van der Waals surface area contributed by atoms with Crippen molar-refractivity contribution in [2.24, 2.45) is 0 Å². The molecule has 118 valence electrons. The molecule has 1 rings (SSSR count). The molecule has 0 heterocycles. The Labute approximate surface area is 127 Å². The first kappa shape index (κ1) is 17.8. The van der Waals surface area contributed by atoms with E-state index in [-0.39, 0.29) is 24.0 Å². The third-order valence-electron chi connectivity index (χ3n) is 2.62. The Kier molecular flexibility index (Phi) is 6.53. The summed E-state index contributed by atoms with van der Waals surface area (Å²) < 4.78 is 44.3. The molecule has 2 N–H and O–H groups in total. The van der Waals surface area contributed by atoms with Crippen LogP contribution in [0.25, 0.3) is 0 Å². The lowest BCUT2D eigenvalue weighted by Gasteiger charge is -2.11. The molecule has 1 aromatic rings. The van der Waals surface area contributed by atoms with Crippen LogP contribution in [0.15, 0.2) is 23.1 Å². The second kappa shape index (κ2) is 7.69. The summed E-state index contributed by atoms with van der Waals surface area (Å²) in [6, 6.07) is 3.27. The summed E-state index contributed by atoms with van der Waals surface area (Å²) >= 11 is 5.56. The molecule has 0 aliphatic rings. The molecule has 1 amide bonds. The van der Waals surface area contributed by atoms with Gasteiger partial charge in [-0.2, -0.15) is 0 Å². The van der Waals surface area contributed by atoms with Crippen LogP contribution in [0.5, 0.6) is 0 Å². The maximum absolute atomic E-state index is 13.5. The van der Waals surface area contributed by atoms with E-state index in [9.17, 15) is 17.6 Å². The number of ether oxygens (including phenoxy) is 1. The van der Waals surface area contributed by atoms with Crippen LogP contribution < -0.4 is 10.0 Å². The standard InChI is InChI=1S/C12H16ClFN2O4S/c1-8(20-2)12(17)15-5-6-16-21(18,19)11-4-3-9(13)7-10(11)14/h3-4,7-8,16H,5-6H2,1-2H3,(H,15,17)/t8-/m1/s1. The van der Waals surface area contributed by atoms with Crippen molar-refractivity contribution in [2.75, 3.05) is 20.2 Å². The Balaban J connectivity index is 2.56. The molecule has 0 radical (unpaired) electrons. The third-order valence-corrected chi connectivity index (χ3v) is 4.35. The minimum atomic E-state index is -4.00. The molecule has 1 aromatic carbocycles. The van der Waals surface area contributed by atoms with E-state index in [0.29, 0.717) is 0 Å². The van der Waals surface area contributed by atoms with Crippen molar-refractivity contribution >= 4 is 27.5 Å². The predicted molar refractivity (Wildman–Crippen MR) is 76.1 cm³/mol.